The van der Waals surface area contributed by atoms with Crippen LogP contribution >= 0.6 is 22.6 Å². The van der Waals surface area contributed by atoms with E-state index in [1.54, 1.807) is 24.3 Å². The fourth-order valence-electron chi connectivity index (χ4n) is 1.43. The summed E-state index contributed by atoms with van der Waals surface area (Å²) in [5.74, 6) is 0.151. The van der Waals surface area contributed by atoms with E-state index in [9.17, 15) is 9.90 Å². The van der Waals surface area contributed by atoms with Crippen LogP contribution in [0.2, 0.25) is 0 Å². The van der Waals surface area contributed by atoms with Gasteiger partial charge < -0.3 is 10.2 Å². The number of halogens is 1. The van der Waals surface area contributed by atoms with Crippen molar-refractivity contribution in [3.8, 4) is 11.5 Å². The van der Waals surface area contributed by atoms with E-state index in [1.165, 1.54) is 18.2 Å². The Balaban J connectivity index is 2.37. The zero-order chi connectivity index (χ0) is 12.4. The van der Waals surface area contributed by atoms with E-state index in [1.807, 2.05) is 22.6 Å². The van der Waals surface area contributed by atoms with Gasteiger partial charge in [-0.25, -0.2) is 0 Å². The van der Waals surface area contributed by atoms with Gasteiger partial charge in [0.15, 0.2) is 5.78 Å². The lowest BCUT2D eigenvalue weighted by atomic mass is 10.0. The predicted octanol–water partition coefficient (Wildman–Crippen LogP) is 2.93. The van der Waals surface area contributed by atoms with E-state index >= 15 is 0 Å². The van der Waals surface area contributed by atoms with Crippen LogP contribution in [0.4, 0.5) is 0 Å². The highest BCUT2D eigenvalue weighted by Crippen LogP contribution is 2.22. The van der Waals surface area contributed by atoms with Crippen molar-refractivity contribution < 1.29 is 15.0 Å². The second kappa shape index (κ2) is 4.75. The van der Waals surface area contributed by atoms with Crippen LogP contribution < -0.4 is 0 Å². The first-order valence-electron chi connectivity index (χ1n) is 4.90. The molecule has 0 radical (unpaired) electrons. The van der Waals surface area contributed by atoms with Crippen molar-refractivity contribution in [2.24, 2.45) is 0 Å². The van der Waals surface area contributed by atoms with Crippen molar-refractivity contribution in [2.45, 2.75) is 0 Å². The smallest absolute Gasteiger partial charge is 0.193 e. The van der Waals surface area contributed by atoms with Crippen LogP contribution in [0, 0.1) is 3.57 Å². The van der Waals surface area contributed by atoms with Crippen LogP contribution in [0.5, 0.6) is 11.5 Å². The summed E-state index contributed by atoms with van der Waals surface area (Å²) in [4.78, 5) is 12.1. The molecule has 4 heteroatoms. The van der Waals surface area contributed by atoms with Gasteiger partial charge >= 0.3 is 0 Å². The summed E-state index contributed by atoms with van der Waals surface area (Å²) in [6, 6.07) is 10.8. The van der Waals surface area contributed by atoms with Crippen molar-refractivity contribution in [3.63, 3.8) is 0 Å². The molecule has 0 heterocycles. The van der Waals surface area contributed by atoms with Crippen LogP contribution in [0.3, 0.4) is 0 Å². The lowest BCUT2D eigenvalue weighted by Gasteiger charge is -2.03. The quantitative estimate of drug-likeness (QED) is 0.653. The molecular formula is C13H9IO3. The van der Waals surface area contributed by atoms with Gasteiger partial charge in [-0.15, -0.1) is 0 Å². The minimum atomic E-state index is -0.136. The predicted molar refractivity (Wildman–Crippen MR) is 72.4 cm³/mol. The Morgan fingerprint density at radius 2 is 1.53 bits per heavy atom. The number of phenolic OH excluding ortho intramolecular Hbond substituents is 2. The third-order valence-electron chi connectivity index (χ3n) is 2.34. The fourth-order valence-corrected chi connectivity index (χ4v) is 1.94. The summed E-state index contributed by atoms with van der Waals surface area (Å²) >= 11 is 1.97. The zero-order valence-corrected chi connectivity index (χ0v) is 10.9. The van der Waals surface area contributed by atoms with E-state index in [-0.39, 0.29) is 17.3 Å². The van der Waals surface area contributed by atoms with Gasteiger partial charge in [0, 0.05) is 11.1 Å². The molecule has 0 aromatic heterocycles. The molecular weight excluding hydrogens is 331 g/mol. The third kappa shape index (κ3) is 2.58. The number of rotatable bonds is 2. The van der Waals surface area contributed by atoms with Gasteiger partial charge in [0.1, 0.15) is 11.5 Å². The molecule has 0 bridgehead atoms. The average molecular weight is 340 g/mol. The summed E-state index contributed by atoms with van der Waals surface area (Å²) in [5.41, 5.74) is 1.02. The summed E-state index contributed by atoms with van der Waals surface area (Å²) in [7, 11) is 0. The number of carbonyl (C=O) groups is 1. The largest absolute Gasteiger partial charge is 0.508 e. The van der Waals surface area contributed by atoms with Crippen molar-refractivity contribution in [3.05, 3.63) is 57.2 Å². The number of hydrogen-bond acceptors (Lipinski definition) is 3. The number of benzene rings is 2. The van der Waals surface area contributed by atoms with Gasteiger partial charge in [-0.05, 0) is 65.1 Å². The van der Waals surface area contributed by atoms with Crippen LogP contribution in [-0.4, -0.2) is 16.0 Å². The summed E-state index contributed by atoms with van der Waals surface area (Å²) < 4.78 is 0.632. The molecule has 2 rings (SSSR count). The molecule has 2 N–H and O–H groups in total. The molecule has 0 saturated heterocycles. The minimum absolute atomic E-state index is 0.127. The first-order chi connectivity index (χ1) is 8.08. The highest BCUT2D eigenvalue weighted by molar-refractivity contribution is 14.1. The molecule has 0 fully saturated rings. The highest BCUT2D eigenvalue weighted by Gasteiger charge is 2.10. The van der Waals surface area contributed by atoms with Gasteiger partial charge in [-0.3, -0.25) is 4.79 Å². The lowest BCUT2D eigenvalue weighted by molar-refractivity contribution is 0.103. The van der Waals surface area contributed by atoms with Crippen LogP contribution in [0.1, 0.15) is 15.9 Å². The summed E-state index contributed by atoms with van der Waals surface area (Å²) in [6.07, 6.45) is 0. The number of phenols is 2. The molecule has 3 nitrogen and oxygen atoms in total. The SMILES string of the molecule is O=C(c1ccc(O)cc1)c1ccc(O)c(I)c1. The maximum atomic E-state index is 12.1. The second-order valence-corrected chi connectivity index (χ2v) is 4.70. The van der Waals surface area contributed by atoms with Gasteiger partial charge in [0.25, 0.3) is 0 Å². The minimum Gasteiger partial charge on any atom is -0.508 e. The Bertz CT molecular complexity index is 561. The Morgan fingerprint density at radius 3 is 2.12 bits per heavy atom. The van der Waals surface area contributed by atoms with E-state index in [0.717, 1.165) is 0 Å². The second-order valence-electron chi connectivity index (χ2n) is 3.54. The average Bonchev–Trinajstić information content (AvgIpc) is 2.33. The van der Waals surface area contributed by atoms with E-state index in [2.05, 4.69) is 0 Å². The molecule has 2 aromatic carbocycles. The standard InChI is InChI=1S/C13H9IO3/c14-11-7-9(3-6-12(11)16)13(17)8-1-4-10(15)5-2-8/h1-7,15-16H. The monoisotopic (exact) mass is 340 g/mol. The summed E-state index contributed by atoms with van der Waals surface area (Å²) in [5, 5.41) is 18.5. The van der Waals surface area contributed by atoms with Crippen molar-refractivity contribution >= 4 is 28.4 Å². The van der Waals surface area contributed by atoms with Gasteiger partial charge in [-0.1, -0.05) is 0 Å². The molecule has 0 saturated carbocycles. The maximum Gasteiger partial charge on any atom is 0.193 e. The van der Waals surface area contributed by atoms with E-state index in [4.69, 9.17) is 5.11 Å². The van der Waals surface area contributed by atoms with Gasteiger partial charge in [0.05, 0.1) is 3.57 Å². The zero-order valence-electron chi connectivity index (χ0n) is 8.72. The molecule has 0 atom stereocenters. The maximum absolute atomic E-state index is 12.1. The van der Waals surface area contributed by atoms with Gasteiger partial charge in [-0.2, -0.15) is 0 Å². The number of carbonyl (C=O) groups excluding carboxylic acids is 1. The number of hydrogen-bond donors (Lipinski definition) is 2. The molecule has 2 aromatic rings. The van der Waals surface area contributed by atoms with Crippen molar-refractivity contribution in [2.75, 3.05) is 0 Å². The topological polar surface area (TPSA) is 57.5 Å². The Kier molecular flexibility index (Phi) is 3.33. The Hall–Kier alpha value is -1.56. The Labute approximate surface area is 112 Å². The molecule has 0 spiro atoms. The summed E-state index contributed by atoms with van der Waals surface area (Å²) in [6.45, 7) is 0. The van der Waals surface area contributed by atoms with Crippen LogP contribution in [0.15, 0.2) is 42.5 Å². The van der Waals surface area contributed by atoms with Crippen molar-refractivity contribution in [1.29, 1.82) is 0 Å². The highest BCUT2D eigenvalue weighted by atomic mass is 127. The fraction of sp³-hybridized carbons (Fsp3) is 0. The molecule has 0 aliphatic heterocycles. The molecule has 0 aliphatic rings. The Morgan fingerprint density at radius 1 is 0.941 bits per heavy atom. The third-order valence-corrected chi connectivity index (χ3v) is 3.20. The molecule has 0 amide bonds. The van der Waals surface area contributed by atoms with Crippen LogP contribution in [0.25, 0.3) is 0 Å². The van der Waals surface area contributed by atoms with E-state index < -0.39 is 0 Å². The molecule has 86 valence electrons. The first-order valence-corrected chi connectivity index (χ1v) is 5.98. The number of aromatic hydroxyl groups is 2. The van der Waals surface area contributed by atoms with Gasteiger partial charge in [0.2, 0.25) is 0 Å². The molecule has 17 heavy (non-hydrogen) atoms. The van der Waals surface area contributed by atoms with E-state index in [0.29, 0.717) is 14.7 Å². The first kappa shape index (κ1) is 11.9. The van der Waals surface area contributed by atoms with Crippen molar-refractivity contribution in [1.82, 2.24) is 0 Å². The normalized spacial score (nSPS) is 10.2. The molecule has 0 aliphatic carbocycles. The van der Waals surface area contributed by atoms with Crippen LogP contribution in [-0.2, 0) is 0 Å². The number of ketones is 1. The molecule has 0 unspecified atom stereocenters. The lowest BCUT2D eigenvalue weighted by Crippen LogP contribution is -2.01.